The summed E-state index contributed by atoms with van der Waals surface area (Å²) < 4.78 is 0. The van der Waals surface area contributed by atoms with Gasteiger partial charge in [-0.2, -0.15) is 0 Å². The molecular formula is C17H21Cl2N3O3. The Morgan fingerprint density at radius 1 is 1.28 bits per heavy atom. The Morgan fingerprint density at radius 2 is 1.88 bits per heavy atom. The number of carbonyl (C=O) groups is 3. The molecule has 1 unspecified atom stereocenters. The van der Waals surface area contributed by atoms with Gasteiger partial charge in [0.15, 0.2) is 0 Å². The summed E-state index contributed by atoms with van der Waals surface area (Å²) in [6, 6.07) is 4.24. The second kappa shape index (κ2) is 7.62. The van der Waals surface area contributed by atoms with Crippen molar-refractivity contribution in [2.75, 3.05) is 11.9 Å². The molecule has 1 atom stereocenters. The average Bonchev–Trinajstić information content (AvgIpc) is 2.73. The highest BCUT2D eigenvalue weighted by Gasteiger charge is 2.47. The fraction of sp³-hybridized carbons (Fsp3) is 0.471. The molecule has 1 saturated heterocycles. The SMILES string of the molecule is CC(C)CCC1(C)NC(=O)N(CC(=O)Nc2c(Cl)cccc2Cl)C1=O. The number of rotatable bonds is 6. The van der Waals surface area contributed by atoms with E-state index >= 15 is 0 Å². The van der Waals surface area contributed by atoms with E-state index in [2.05, 4.69) is 10.6 Å². The minimum atomic E-state index is -0.982. The fourth-order valence-electron chi connectivity index (χ4n) is 2.58. The summed E-state index contributed by atoms with van der Waals surface area (Å²) in [5.41, 5.74) is -0.727. The number of nitrogens with one attached hydrogen (secondary N) is 2. The lowest BCUT2D eigenvalue weighted by atomic mass is 9.92. The van der Waals surface area contributed by atoms with E-state index in [1.165, 1.54) is 0 Å². The predicted octanol–water partition coefficient (Wildman–Crippen LogP) is 3.68. The Balaban J connectivity index is 2.06. The maximum Gasteiger partial charge on any atom is 0.325 e. The zero-order chi connectivity index (χ0) is 18.8. The number of anilines is 1. The van der Waals surface area contributed by atoms with Gasteiger partial charge in [-0.3, -0.25) is 14.5 Å². The Bertz CT molecular complexity index is 688. The van der Waals surface area contributed by atoms with Crippen molar-refractivity contribution in [1.82, 2.24) is 10.2 Å². The third kappa shape index (κ3) is 4.44. The second-order valence-electron chi connectivity index (χ2n) is 6.73. The van der Waals surface area contributed by atoms with Gasteiger partial charge in [-0.15, -0.1) is 0 Å². The molecule has 0 radical (unpaired) electrons. The number of halogens is 2. The highest BCUT2D eigenvalue weighted by molar-refractivity contribution is 6.39. The van der Waals surface area contributed by atoms with E-state index in [9.17, 15) is 14.4 Å². The first-order valence-electron chi connectivity index (χ1n) is 8.02. The number of urea groups is 1. The van der Waals surface area contributed by atoms with Crippen LogP contribution in [0.15, 0.2) is 18.2 Å². The molecule has 0 saturated carbocycles. The smallest absolute Gasteiger partial charge is 0.323 e. The Hall–Kier alpha value is -1.79. The minimum Gasteiger partial charge on any atom is -0.323 e. The molecule has 1 aliphatic heterocycles. The molecular weight excluding hydrogens is 365 g/mol. The van der Waals surface area contributed by atoms with Crippen molar-refractivity contribution in [2.45, 2.75) is 39.2 Å². The van der Waals surface area contributed by atoms with Crippen molar-refractivity contribution in [3.05, 3.63) is 28.2 Å². The number of amides is 4. The Labute approximate surface area is 156 Å². The van der Waals surface area contributed by atoms with Crippen LogP contribution in [0, 0.1) is 5.92 Å². The van der Waals surface area contributed by atoms with Gasteiger partial charge in [0.2, 0.25) is 5.91 Å². The maximum atomic E-state index is 12.6. The first-order chi connectivity index (χ1) is 11.6. The van der Waals surface area contributed by atoms with Crippen molar-refractivity contribution in [3.8, 4) is 0 Å². The molecule has 4 amide bonds. The molecule has 2 rings (SSSR count). The first-order valence-corrected chi connectivity index (χ1v) is 8.77. The lowest BCUT2D eigenvalue weighted by Crippen LogP contribution is -2.44. The summed E-state index contributed by atoms with van der Waals surface area (Å²) in [7, 11) is 0. The quantitative estimate of drug-likeness (QED) is 0.733. The summed E-state index contributed by atoms with van der Waals surface area (Å²) >= 11 is 12.0. The van der Waals surface area contributed by atoms with Gasteiger partial charge in [-0.05, 0) is 37.8 Å². The standard InChI is InChI=1S/C17H21Cl2N3O3/c1-10(2)7-8-17(3)15(24)22(16(25)21-17)9-13(23)20-14-11(18)5-4-6-12(14)19/h4-6,10H,7-9H2,1-3H3,(H,20,23)(H,21,25). The number of nitrogens with zero attached hydrogens (tertiary/aromatic N) is 1. The summed E-state index contributed by atoms with van der Waals surface area (Å²) in [5, 5.41) is 5.79. The lowest BCUT2D eigenvalue weighted by Gasteiger charge is -2.22. The summed E-state index contributed by atoms with van der Waals surface area (Å²) in [6.07, 6.45) is 1.31. The molecule has 1 heterocycles. The molecule has 136 valence electrons. The molecule has 1 aromatic rings. The molecule has 2 N–H and O–H groups in total. The Morgan fingerprint density at radius 3 is 2.44 bits per heavy atom. The zero-order valence-electron chi connectivity index (χ0n) is 14.4. The average molecular weight is 386 g/mol. The number of hydrogen-bond donors (Lipinski definition) is 2. The van der Waals surface area contributed by atoms with Gasteiger partial charge in [0.05, 0.1) is 15.7 Å². The van der Waals surface area contributed by atoms with Crippen LogP contribution in [0.3, 0.4) is 0 Å². The Kier molecular flexibility index (Phi) is 5.95. The minimum absolute atomic E-state index is 0.255. The third-order valence-corrected chi connectivity index (χ3v) is 4.73. The largest absolute Gasteiger partial charge is 0.325 e. The normalized spacial score (nSPS) is 20.2. The van der Waals surface area contributed by atoms with Crippen LogP contribution in [-0.4, -0.2) is 34.8 Å². The lowest BCUT2D eigenvalue weighted by molar-refractivity contribution is -0.133. The van der Waals surface area contributed by atoms with E-state index in [-0.39, 0.29) is 15.7 Å². The molecule has 0 bridgehead atoms. The molecule has 0 spiro atoms. The van der Waals surface area contributed by atoms with E-state index in [1.807, 2.05) is 13.8 Å². The monoisotopic (exact) mass is 385 g/mol. The number of hydrogen-bond acceptors (Lipinski definition) is 3. The van der Waals surface area contributed by atoms with Crippen molar-refractivity contribution < 1.29 is 14.4 Å². The van der Waals surface area contributed by atoms with Gasteiger partial charge in [0.25, 0.3) is 5.91 Å². The van der Waals surface area contributed by atoms with Crippen LogP contribution >= 0.6 is 23.2 Å². The number of benzene rings is 1. The van der Waals surface area contributed by atoms with E-state index in [4.69, 9.17) is 23.2 Å². The molecule has 6 nitrogen and oxygen atoms in total. The van der Waals surface area contributed by atoms with E-state index in [1.54, 1.807) is 25.1 Å². The van der Waals surface area contributed by atoms with E-state index < -0.39 is 29.9 Å². The van der Waals surface area contributed by atoms with Crippen LogP contribution in [0.25, 0.3) is 0 Å². The molecule has 1 aromatic carbocycles. The van der Waals surface area contributed by atoms with Crippen LogP contribution in [0.1, 0.15) is 33.6 Å². The van der Waals surface area contributed by atoms with Crippen molar-refractivity contribution >= 4 is 46.7 Å². The summed E-state index contributed by atoms with van der Waals surface area (Å²) in [5.74, 6) is -0.550. The highest BCUT2D eigenvalue weighted by atomic mass is 35.5. The van der Waals surface area contributed by atoms with Crippen molar-refractivity contribution in [1.29, 1.82) is 0 Å². The van der Waals surface area contributed by atoms with Crippen LogP contribution in [-0.2, 0) is 9.59 Å². The van der Waals surface area contributed by atoms with Gasteiger partial charge in [0.1, 0.15) is 12.1 Å². The van der Waals surface area contributed by atoms with Crippen molar-refractivity contribution in [2.24, 2.45) is 5.92 Å². The van der Waals surface area contributed by atoms with Crippen LogP contribution in [0.5, 0.6) is 0 Å². The fourth-order valence-corrected chi connectivity index (χ4v) is 3.07. The molecule has 8 heteroatoms. The first kappa shape index (κ1) is 19.5. The number of carbonyl (C=O) groups excluding carboxylic acids is 3. The summed E-state index contributed by atoms with van der Waals surface area (Å²) in [4.78, 5) is 37.9. The molecule has 25 heavy (non-hydrogen) atoms. The molecule has 1 fully saturated rings. The van der Waals surface area contributed by atoms with Crippen LogP contribution < -0.4 is 10.6 Å². The molecule has 0 aromatic heterocycles. The maximum absolute atomic E-state index is 12.6. The van der Waals surface area contributed by atoms with Gasteiger partial charge < -0.3 is 10.6 Å². The van der Waals surface area contributed by atoms with E-state index in [0.717, 1.165) is 11.3 Å². The molecule has 1 aliphatic rings. The van der Waals surface area contributed by atoms with Gasteiger partial charge >= 0.3 is 6.03 Å². The number of imide groups is 1. The van der Waals surface area contributed by atoms with Crippen molar-refractivity contribution in [3.63, 3.8) is 0 Å². The van der Waals surface area contributed by atoms with Crippen LogP contribution in [0.2, 0.25) is 10.0 Å². The van der Waals surface area contributed by atoms with Crippen LogP contribution in [0.4, 0.5) is 10.5 Å². The topological polar surface area (TPSA) is 78.5 Å². The second-order valence-corrected chi connectivity index (χ2v) is 7.55. The number of para-hydroxylation sites is 1. The predicted molar refractivity (Wildman–Crippen MR) is 97.8 cm³/mol. The third-order valence-electron chi connectivity index (χ3n) is 4.10. The van der Waals surface area contributed by atoms with Gasteiger partial charge in [-0.1, -0.05) is 43.1 Å². The van der Waals surface area contributed by atoms with Gasteiger partial charge in [0, 0.05) is 0 Å². The zero-order valence-corrected chi connectivity index (χ0v) is 15.9. The highest BCUT2D eigenvalue weighted by Crippen LogP contribution is 2.30. The molecule has 0 aliphatic carbocycles. The van der Waals surface area contributed by atoms with Gasteiger partial charge in [-0.25, -0.2) is 4.79 Å². The summed E-state index contributed by atoms with van der Waals surface area (Å²) in [6.45, 7) is 5.37. The van der Waals surface area contributed by atoms with E-state index in [0.29, 0.717) is 12.3 Å².